The molecule has 0 atom stereocenters. The Morgan fingerprint density at radius 3 is 2.68 bits per heavy atom. The van der Waals surface area contributed by atoms with Crippen LogP contribution in [0.25, 0.3) is 22.0 Å². The molecule has 0 bridgehead atoms. The van der Waals surface area contributed by atoms with Crippen molar-refractivity contribution in [2.45, 2.75) is 0 Å². The number of aromatic amines is 1. The minimum Gasteiger partial charge on any atom is -0.497 e. The normalized spacial score (nSPS) is 11.0. The third-order valence-corrected chi connectivity index (χ3v) is 4.45. The summed E-state index contributed by atoms with van der Waals surface area (Å²) in [6.07, 6.45) is 3.24. The van der Waals surface area contributed by atoms with Gasteiger partial charge >= 0.3 is 0 Å². The molecule has 1 heterocycles. The maximum absolute atomic E-state index is 12.6. The lowest BCUT2D eigenvalue weighted by Gasteiger charge is -2.05. The molecule has 28 heavy (non-hydrogen) atoms. The number of hydrogen-bond acceptors (Lipinski definition) is 4. The van der Waals surface area contributed by atoms with E-state index in [1.165, 1.54) is 0 Å². The highest BCUT2D eigenvalue weighted by Gasteiger charge is 2.09. The topological polar surface area (TPSA) is 79.4 Å². The van der Waals surface area contributed by atoms with Crippen LogP contribution in [0.1, 0.15) is 15.9 Å². The Labute approximate surface area is 161 Å². The average Bonchev–Trinajstić information content (AvgIpc) is 3.22. The van der Waals surface area contributed by atoms with Crippen molar-refractivity contribution in [3.63, 3.8) is 0 Å². The van der Waals surface area contributed by atoms with E-state index in [0.717, 1.165) is 33.3 Å². The molecule has 0 fully saturated rings. The van der Waals surface area contributed by atoms with E-state index in [0.29, 0.717) is 5.56 Å². The molecule has 0 saturated heterocycles. The second-order valence-electron chi connectivity index (χ2n) is 6.15. The van der Waals surface area contributed by atoms with Gasteiger partial charge in [0.1, 0.15) is 5.75 Å². The van der Waals surface area contributed by atoms with Gasteiger partial charge in [-0.2, -0.15) is 10.2 Å². The van der Waals surface area contributed by atoms with Crippen molar-refractivity contribution in [1.82, 2.24) is 15.6 Å². The number of fused-ring (bicyclic) bond motifs is 1. The number of nitrogens with one attached hydrogen (secondary N) is 2. The van der Waals surface area contributed by atoms with E-state index in [1.54, 1.807) is 25.6 Å². The third kappa shape index (κ3) is 3.48. The first-order valence-electron chi connectivity index (χ1n) is 8.75. The first kappa shape index (κ1) is 17.5. The molecule has 138 valence electrons. The Balaban J connectivity index is 1.52. The van der Waals surface area contributed by atoms with Gasteiger partial charge in [0.25, 0.3) is 5.91 Å². The van der Waals surface area contributed by atoms with E-state index >= 15 is 0 Å². The molecule has 6 nitrogen and oxygen atoms in total. The van der Waals surface area contributed by atoms with E-state index in [2.05, 4.69) is 20.7 Å². The third-order valence-electron chi connectivity index (χ3n) is 4.45. The lowest BCUT2D eigenvalue weighted by molar-refractivity contribution is 0.0957. The van der Waals surface area contributed by atoms with Gasteiger partial charge in [0, 0.05) is 16.7 Å². The molecule has 4 rings (SSSR count). The molecule has 1 amide bonds. The fraction of sp³-hybridized carbons (Fsp3) is 0.0455. The van der Waals surface area contributed by atoms with Crippen LogP contribution in [-0.4, -0.2) is 29.4 Å². The maximum Gasteiger partial charge on any atom is 0.271 e. The second-order valence-corrected chi connectivity index (χ2v) is 6.15. The van der Waals surface area contributed by atoms with Crippen molar-refractivity contribution >= 4 is 22.9 Å². The molecule has 0 spiro atoms. The van der Waals surface area contributed by atoms with Crippen LogP contribution < -0.4 is 10.2 Å². The van der Waals surface area contributed by atoms with Crippen LogP contribution in [0.5, 0.6) is 5.75 Å². The number of hydrazone groups is 1. The Kier molecular flexibility index (Phi) is 4.84. The molecular weight excluding hydrogens is 352 g/mol. The highest BCUT2D eigenvalue weighted by atomic mass is 16.5. The molecule has 3 aromatic carbocycles. The molecule has 6 heteroatoms. The number of carbonyl (C=O) groups excluding carboxylic acids is 1. The molecule has 2 N–H and O–H groups in total. The molecule has 0 unspecified atom stereocenters. The zero-order valence-corrected chi connectivity index (χ0v) is 15.2. The fourth-order valence-electron chi connectivity index (χ4n) is 3.03. The summed E-state index contributed by atoms with van der Waals surface area (Å²) < 4.78 is 5.18. The van der Waals surface area contributed by atoms with Crippen molar-refractivity contribution in [3.05, 3.63) is 84.1 Å². The average molecular weight is 370 g/mol. The number of hydrogen-bond donors (Lipinski definition) is 2. The van der Waals surface area contributed by atoms with Gasteiger partial charge in [-0.25, -0.2) is 5.43 Å². The van der Waals surface area contributed by atoms with Crippen LogP contribution in [-0.2, 0) is 0 Å². The van der Waals surface area contributed by atoms with Gasteiger partial charge in [0.05, 0.1) is 25.2 Å². The van der Waals surface area contributed by atoms with Crippen LogP contribution >= 0.6 is 0 Å². The highest BCUT2D eigenvalue weighted by Crippen LogP contribution is 2.23. The van der Waals surface area contributed by atoms with Crippen molar-refractivity contribution in [2.24, 2.45) is 5.10 Å². The van der Waals surface area contributed by atoms with Crippen LogP contribution in [0, 0.1) is 0 Å². The summed E-state index contributed by atoms with van der Waals surface area (Å²) in [6.45, 7) is 0. The lowest BCUT2D eigenvalue weighted by Crippen LogP contribution is -2.17. The minimum atomic E-state index is -0.262. The Morgan fingerprint density at radius 1 is 1.07 bits per heavy atom. The number of ether oxygens (including phenoxy) is 1. The zero-order valence-electron chi connectivity index (χ0n) is 15.2. The van der Waals surface area contributed by atoms with E-state index in [9.17, 15) is 4.79 Å². The zero-order chi connectivity index (χ0) is 19.3. The Morgan fingerprint density at radius 2 is 1.86 bits per heavy atom. The summed E-state index contributed by atoms with van der Waals surface area (Å²) >= 11 is 0. The van der Waals surface area contributed by atoms with Gasteiger partial charge in [0.15, 0.2) is 0 Å². The molecule has 0 saturated carbocycles. The molecule has 1 aromatic heterocycles. The number of methoxy groups -OCH3 is 1. The van der Waals surface area contributed by atoms with Gasteiger partial charge < -0.3 is 4.74 Å². The quantitative estimate of drug-likeness (QED) is 0.412. The summed E-state index contributed by atoms with van der Waals surface area (Å²) in [4.78, 5) is 12.6. The molecule has 0 aliphatic rings. The van der Waals surface area contributed by atoms with Crippen LogP contribution in [0.3, 0.4) is 0 Å². The smallest absolute Gasteiger partial charge is 0.271 e. The molecule has 0 aliphatic heterocycles. The number of aromatic nitrogens is 2. The van der Waals surface area contributed by atoms with Crippen LogP contribution in [0.4, 0.5) is 0 Å². The van der Waals surface area contributed by atoms with Gasteiger partial charge in [0.2, 0.25) is 0 Å². The molecule has 0 radical (unpaired) electrons. The molecular formula is C22H18N4O2. The number of nitrogens with zero attached hydrogens (tertiary/aromatic N) is 2. The number of amides is 1. The van der Waals surface area contributed by atoms with Gasteiger partial charge in [-0.05, 0) is 41.1 Å². The highest BCUT2D eigenvalue weighted by molar-refractivity contribution is 6.07. The van der Waals surface area contributed by atoms with E-state index < -0.39 is 0 Å². The SMILES string of the molecule is COc1ccc(-c2[nH]ncc2/C=N/NC(=O)c2cccc3ccccc23)cc1. The first-order valence-corrected chi connectivity index (χ1v) is 8.75. The Bertz CT molecular complexity index is 1140. The maximum atomic E-state index is 12.6. The summed E-state index contributed by atoms with van der Waals surface area (Å²) in [6, 6.07) is 21.0. The van der Waals surface area contributed by atoms with Gasteiger partial charge in [-0.3, -0.25) is 9.89 Å². The second kappa shape index (κ2) is 7.75. The summed E-state index contributed by atoms with van der Waals surface area (Å²) in [5.74, 6) is 0.517. The standard InChI is InChI=1S/C22H18N4O2/c1-28-18-11-9-16(10-12-18)21-17(13-23-25-21)14-24-26-22(27)20-8-4-6-15-5-2-3-7-19(15)20/h2-14H,1H3,(H,23,25)(H,26,27)/b24-14+. The van der Waals surface area contributed by atoms with Gasteiger partial charge in [-0.15, -0.1) is 0 Å². The van der Waals surface area contributed by atoms with Crippen LogP contribution in [0.2, 0.25) is 0 Å². The first-order chi connectivity index (χ1) is 13.8. The lowest BCUT2D eigenvalue weighted by atomic mass is 10.0. The van der Waals surface area contributed by atoms with Crippen molar-refractivity contribution in [3.8, 4) is 17.0 Å². The number of H-pyrrole nitrogens is 1. The summed E-state index contributed by atoms with van der Waals surface area (Å²) in [7, 11) is 1.63. The number of carbonyl (C=O) groups is 1. The van der Waals surface area contributed by atoms with Gasteiger partial charge in [-0.1, -0.05) is 36.4 Å². The predicted molar refractivity (Wildman–Crippen MR) is 110 cm³/mol. The van der Waals surface area contributed by atoms with Crippen molar-refractivity contribution in [1.29, 1.82) is 0 Å². The largest absolute Gasteiger partial charge is 0.497 e. The van der Waals surface area contributed by atoms with E-state index in [-0.39, 0.29) is 5.91 Å². The molecule has 0 aliphatic carbocycles. The summed E-state index contributed by atoms with van der Waals surface area (Å²) in [5, 5.41) is 13.0. The van der Waals surface area contributed by atoms with Crippen LogP contribution in [0.15, 0.2) is 78.0 Å². The fourth-order valence-corrected chi connectivity index (χ4v) is 3.03. The number of benzene rings is 3. The van der Waals surface area contributed by atoms with Crippen molar-refractivity contribution in [2.75, 3.05) is 7.11 Å². The monoisotopic (exact) mass is 370 g/mol. The van der Waals surface area contributed by atoms with E-state index in [4.69, 9.17) is 4.74 Å². The Hall–Kier alpha value is -3.93. The van der Waals surface area contributed by atoms with Crippen molar-refractivity contribution < 1.29 is 9.53 Å². The molecule has 4 aromatic rings. The summed E-state index contributed by atoms with van der Waals surface area (Å²) in [5.41, 5.74) is 5.70. The predicted octanol–water partition coefficient (Wildman–Crippen LogP) is 4.00. The van der Waals surface area contributed by atoms with E-state index in [1.807, 2.05) is 60.7 Å². The number of rotatable bonds is 5. The minimum absolute atomic E-state index is 0.262.